The minimum absolute atomic E-state index is 0. The minimum atomic E-state index is 0. The summed E-state index contributed by atoms with van der Waals surface area (Å²) in [5.74, 6) is 6.74. The predicted octanol–water partition coefficient (Wildman–Crippen LogP) is -0.963. The van der Waals surface area contributed by atoms with Gasteiger partial charge in [-0.15, -0.1) is 0 Å². The molecule has 0 saturated heterocycles. The first-order valence-electron chi connectivity index (χ1n) is 1.25. The molecular formula is C3H5N2Y-. The van der Waals surface area contributed by atoms with E-state index in [2.05, 4.69) is 5.43 Å². The third-order valence-electron chi connectivity index (χ3n) is 0.190. The first-order chi connectivity index (χ1) is 2.41. The van der Waals surface area contributed by atoms with Crippen molar-refractivity contribution in [2.75, 3.05) is 6.54 Å². The second-order valence-electron chi connectivity index (χ2n) is 0.558. The summed E-state index contributed by atoms with van der Waals surface area (Å²) in [4.78, 5) is 0. The molecule has 0 bridgehead atoms. The summed E-state index contributed by atoms with van der Waals surface area (Å²) in [7, 11) is 0. The normalized spacial score (nSPS) is 5.33. The third kappa shape index (κ3) is 8.82. The average molecular weight is 158 g/mol. The summed E-state index contributed by atoms with van der Waals surface area (Å²) in [6.45, 7) is 0.333. The van der Waals surface area contributed by atoms with Crippen molar-refractivity contribution in [3.8, 4) is 5.92 Å². The number of nitrogens with one attached hydrogen (secondary N) is 1. The zero-order valence-corrected chi connectivity index (χ0v) is 6.20. The second-order valence-corrected chi connectivity index (χ2v) is 0.558. The van der Waals surface area contributed by atoms with Crippen molar-refractivity contribution in [2.45, 2.75) is 0 Å². The van der Waals surface area contributed by atoms with E-state index in [-0.39, 0.29) is 32.7 Å². The van der Waals surface area contributed by atoms with Crippen LogP contribution in [0.4, 0.5) is 0 Å². The van der Waals surface area contributed by atoms with Crippen LogP contribution in [0.15, 0.2) is 0 Å². The van der Waals surface area contributed by atoms with Crippen LogP contribution in [0.5, 0.6) is 0 Å². The molecule has 0 unspecified atom stereocenters. The Labute approximate surface area is 62.7 Å². The molecule has 1 radical (unpaired) electrons. The molecule has 0 spiro atoms. The summed E-state index contributed by atoms with van der Waals surface area (Å²) in [5, 5.41) is 0. The van der Waals surface area contributed by atoms with Gasteiger partial charge in [-0.2, -0.15) is 0 Å². The molecule has 0 heterocycles. The van der Waals surface area contributed by atoms with Crippen LogP contribution in [0, 0.1) is 12.3 Å². The fourth-order valence-corrected chi connectivity index (χ4v) is 0.0510. The van der Waals surface area contributed by atoms with Gasteiger partial charge >= 0.3 is 0 Å². The van der Waals surface area contributed by atoms with Crippen LogP contribution in [0.3, 0.4) is 0 Å². The third-order valence-corrected chi connectivity index (χ3v) is 0.190. The Morgan fingerprint density at radius 1 is 1.83 bits per heavy atom. The molecule has 3 N–H and O–H groups in total. The molecule has 0 fully saturated rings. The van der Waals surface area contributed by atoms with E-state index in [0.717, 1.165) is 0 Å². The molecule has 31 valence electrons. The Hall–Kier alpha value is 0.584. The monoisotopic (exact) mass is 158 g/mol. The Kier molecular flexibility index (Phi) is 14.9. The number of hydrogen-bond donors (Lipinski definition) is 2. The van der Waals surface area contributed by atoms with Crippen LogP contribution >= 0.6 is 0 Å². The predicted molar refractivity (Wildman–Crippen MR) is 19.3 cm³/mol. The molecule has 3 heteroatoms. The molecule has 0 aliphatic carbocycles. The first kappa shape index (κ1) is 9.77. The largest absolute Gasteiger partial charge is 0.692 e. The van der Waals surface area contributed by atoms with E-state index in [0.29, 0.717) is 6.54 Å². The van der Waals surface area contributed by atoms with Crippen LogP contribution in [0.25, 0.3) is 0 Å². The number of nitrogens with two attached hydrogens (primary N) is 1. The second kappa shape index (κ2) is 9.13. The van der Waals surface area contributed by atoms with Crippen molar-refractivity contribution in [3.63, 3.8) is 0 Å². The molecule has 0 saturated carbocycles. The fourth-order valence-electron chi connectivity index (χ4n) is 0.0510. The zero-order chi connectivity index (χ0) is 4.12. The van der Waals surface area contributed by atoms with E-state index in [4.69, 9.17) is 12.3 Å². The molecular weight excluding hydrogens is 153 g/mol. The molecule has 0 aromatic carbocycles. The van der Waals surface area contributed by atoms with Gasteiger partial charge in [-0.3, -0.25) is 11.3 Å². The quantitative estimate of drug-likeness (QED) is 0.223. The maximum absolute atomic E-state index is 6.21. The molecule has 0 aromatic rings. The Bertz CT molecular complexity index is 47.2. The van der Waals surface area contributed by atoms with Gasteiger partial charge in [-0.25, -0.2) is 0 Å². The van der Waals surface area contributed by atoms with Crippen LogP contribution in [0.2, 0.25) is 0 Å². The summed E-state index contributed by atoms with van der Waals surface area (Å²) in [6.07, 6.45) is 6.21. The summed E-state index contributed by atoms with van der Waals surface area (Å²) in [5.41, 5.74) is 2.22. The van der Waals surface area contributed by atoms with Gasteiger partial charge in [-0.1, -0.05) is 0 Å². The fraction of sp³-hybridized carbons (Fsp3) is 0.333. The molecule has 0 rings (SSSR count). The first-order valence-corrected chi connectivity index (χ1v) is 1.25. The Morgan fingerprint density at radius 3 is 2.33 bits per heavy atom. The molecule has 0 aliphatic heterocycles. The molecule has 0 aliphatic rings. The standard InChI is InChI=1S/C3H5N2.Y/c1-2-3-5-4;/h5H,3-4H2;/q-1;. The molecule has 0 aromatic heterocycles. The maximum Gasteiger partial charge on any atom is 0.0318 e. The van der Waals surface area contributed by atoms with Gasteiger partial charge in [0.2, 0.25) is 0 Å². The van der Waals surface area contributed by atoms with Gasteiger partial charge < -0.3 is 12.3 Å². The van der Waals surface area contributed by atoms with E-state index in [9.17, 15) is 0 Å². The van der Waals surface area contributed by atoms with E-state index in [1.54, 1.807) is 0 Å². The van der Waals surface area contributed by atoms with E-state index >= 15 is 0 Å². The van der Waals surface area contributed by atoms with Gasteiger partial charge in [0.25, 0.3) is 0 Å². The molecule has 6 heavy (non-hydrogen) atoms. The summed E-state index contributed by atoms with van der Waals surface area (Å²) in [6, 6.07) is 0. The van der Waals surface area contributed by atoms with Crippen LogP contribution < -0.4 is 11.3 Å². The van der Waals surface area contributed by atoms with E-state index < -0.39 is 0 Å². The van der Waals surface area contributed by atoms with Crippen molar-refractivity contribution in [1.29, 1.82) is 0 Å². The van der Waals surface area contributed by atoms with E-state index in [1.165, 1.54) is 0 Å². The van der Waals surface area contributed by atoms with Crippen molar-refractivity contribution in [1.82, 2.24) is 5.43 Å². The number of hydrogen-bond acceptors (Lipinski definition) is 2. The average Bonchev–Trinajstić information content (AvgIpc) is 1.41. The Balaban J connectivity index is 0. The zero-order valence-electron chi connectivity index (χ0n) is 3.36. The van der Waals surface area contributed by atoms with Gasteiger partial charge in [0.1, 0.15) is 0 Å². The smallest absolute Gasteiger partial charge is 0.0318 e. The van der Waals surface area contributed by atoms with E-state index in [1.807, 2.05) is 5.92 Å². The van der Waals surface area contributed by atoms with Crippen molar-refractivity contribution >= 4 is 0 Å². The minimum Gasteiger partial charge on any atom is -0.692 e. The SMILES string of the molecule is [C-]#CCNN.[Y]. The maximum atomic E-state index is 6.21. The number of rotatable bonds is 1. The number of hydrazine groups is 1. The van der Waals surface area contributed by atoms with Crippen LogP contribution in [0.1, 0.15) is 0 Å². The summed E-state index contributed by atoms with van der Waals surface area (Å²) >= 11 is 0. The van der Waals surface area contributed by atoms with Gasteiger partial charge in [0, 0.05) is 39.3 Å². The Morgan fingerprint density at radius 2 is 2.33 bits per heavy atom. The molecule has 2 nitrogen and oxygen atoms in total. The molecule has 0 atom stereocenters. The van der Waals surface area contributed by atoms with Crippen LogP contribution in [-0.4, -0.2) is 6.54 Å². The van der Waals surface area contributed by atoms with Crippen molar-refractivity contribution in [2.24, 2.45) is 5.84 Å². The van der Waals surface area contributed by atoms with Crippen molar-refractivity contribution < 1.29 is 32.7 Å². The summed E-state index contributed by atoms with van der Waals surface area (Å²) < 4.78 is 0. The van der Waals surface area contributed by atoms with Crippen molar-refractivity contribution in [3.05, 3.63) is 6.42 Å². The topological polar surface area (TPSA) is 38.0 Å². The van der Waals surface area contributed by atoms with Crippen LogP contribution in [-0.2, 0) is 32.7 Å². The molecule has 0 amide bonds. The van der Waals surface area contributed by atoms with Gasteiger partial charge in [-0.05, 0) is 0 Å². The van der Waals surface area contributed by atoms with Gasteiger partial charge in [0.15, 0.2) is 0 Å². The van der Waals surface area contributed by atoms with Gasteiger partial charge in [0.05, 0.1) is 0 Å².